The molecule has 0 saturated carbocycles. The van der Waals surface area contributed by atoms with Gasteiger partial charge in [-0.2, -0.15) is 13.2 Å². The molecular weight excluding hydrogens is 546 g/mol. The summed E-state index contributed by atoms with van der Waals surface area (Å²) in [4.78, 5) is 44.0. The number of aromatic nitrogens is 2. The van der Waals surface area contributed by atoms with Crippen LogP contribution in [0, 0.1) is 19.8 Å². The van der Waals surface area contributed by atoms with Gasteiger partial charge in [-0.3, -0.25) is 19.0 Å². The Kier molecular flexibility index (Phi) is 7.76. The number of benzene rings is 1. The molecule has 0 spiro atoms. The molecule has 1 aliphatic heterocycles. The van der Waals surface area contributed by atoms with Crippen molar-refractivity contribution in [3.05, 3.63) is 62.5 Å². The predicted octanol–water partition coefficient (Wildman–Crippen LogP) is 6.08. The van der Waals surface area contributed by atoms with Gasteiger partial charge < -0.3 is 9.64 Å². The third kappa shape index (κ3) is 5.24. The molecule has 1 aromatic carbocycles. The Labute approximate surface area is 226 Å². The van der Waals surface area contributed by atoms with Gasteiger partial charge in [0.05, 0.1) is 34.3 Å². The second kappa shape index (κ2) is 10.6. The average molecular weight is 570 g/mol. The maximum atomic E-state index is 13.6. The van der Waals surface area contributed by atoms with E-state index >= 15 is 0 Å². The zero-order valence-electron chi connectivity index (χ0n) is 20.8. The summed E-state index contributed by atoms with van der Waals surface area (Å²) in [6.07, 6.45) is -0.471. The SMILES string of the molecule is COC(=O)CC1CCN(C(=O)c2cnc(Cl)c(C(=O)n3cc(C)c4cc(C(F)(F)F)cc(C)c43)c2Cl)CC1. The van der Waals surface area contributed by atoms with Gasteiger partial charge in [-0.05, 0) is 55.9 Å². The summed E-state index contributed by atoms with van der Waals surface area (Å²) in [7, 11) is 1.33. The van der Waals surface area contributed by atoms with Crippen LogP contribution in [0.2, 0.25) is 10.2 Å². The summed E-state index contributed by atoms with van der Waals surface area (Å²) in [6, 6.07) is 1.96. The molecule has 38 heavy (non-hydrogen) atoms. The second-order valence-corrected chi connectivity index (χ2v) is 10.1. The molecule has 0 bridgehead atoms. The van der Waals surface area contributed by atoms with E-state index < -0.39 is 23.6 Å². The maximum Gasteiger partial charge on any atom is 0.416 e. The van der Waals surface area contributed by atoms with Gasteiger partial charge in [-0.25, -0.2) is 4.98 Å². The highest BCUT2D eigenvalue weighted by atomic mass is 35.5. The minimum absolute atomic E-state index is 0.0184. The Morgan fingerprint density at radius 2 is 1.74 bits per heavy atom. The van der Waals surface area contributed by atoms with Crippen LogP contribution >= 0.6 is 23.2 Å². The number of rotatable bonds is 4. The summed E-state index contributed by atoms with van der Waals surface area (Å²) in [5.41, 5.74) is -0.108. The zero-order valence-corrected chi connectivity index (χ0v) is 22.3. The van der Waals surface area contributed by atoms with Crippen molar-refractivity contribution in [1.82, 2.24) is 14.5 Å². The minimum atomic E-state index is -4.55. The van der Waals surface area contributed by atoms with E-state index in [0.29, 0.717) is 31.5 Å². The Morgan fingerprint density at radius 3 is 2.34 bits per heavy atom. The molecule has 2 aromatic heterocycles. The highest BCUT2D eigenvalue weighted by Crippen LogP contribution is 2.36. The van der Waals surface area contributed by atoms with E-state index in [4.69, 9.17) is 27.9 Å². The molecule has 1 saturated heterocycles. The number of likely N-dealkylation sites (tertiary alicyclic amines) is 1. The molecule has 3 heterocycles. The van der Waals surface area contributed by atoms with Gasteiger partial charge in [-0.1, -0.05) is 23.2 Å². The number of ether oxygens (including phenoxy) is 1. The molecule has 1 amide bonds. The van der Waals surface area contributed by atoms with Crippen molar-refractivity contribution in [3.8, 4) is 0 Å². The number of pyridine rings is 1. The van der Waals surface area contributed by atoms with Crippen molar-refractivity contribution in [2.75, 3.05) is 20.2 Å². The Hall–Kier alpha value is -3.11. The molecule has 4 rings (SSSR count). The first-order valence-corrected chi connectivity index (χ1v) is 12.5. The molecule has 202 valence electrons. The lowest BCUT2D eigenvalue weighted by Gasteiger charge is -2.31. The molecule has 1 aliphatic rings. The lowest BCUT2D eigenvalue weighted by Crippen LogP contribution is -2.39. The van der Waals surface area contributed by atoms with E-state index in [2.05, 4.69) is 4.98 Å². The molecule has 0 N–H and O–H groups in total. The minimum Gasteiger partial charge on any atom is -0.469 e. The van der Waals surface area contributed by atoms with Crippen molar-refractivity contribution in [1.29, 1.82) is 0 Å². The summed E-state index contributed by atoms with van der Waals surface area (Å²) >= 11 is 12.8. The number of halogens is 5. The third-order valence-corrected chi connectivity index (χ3v) is 7.51. The number of carbonyl (C=O) groups is 3. The van der Waals surface area contributed by atoms with E-state index in [0.717, 1.165) is 12.1 Å². The number of alkyl halides is 3. The van der Waals surface area contributed by atoms with Crippen LogP contribution in [0.4, 0.5) is 13.2 Å². The predicted molar refractivity (Wildman–Crippen MR) is 136 cm³/mol. The molecule has 0 atom stereocenters. The Morgan fingerprint density at radius 1 is 1.08 bits per heavy atom. The van der Waals surface area contributed by atoms with Gasteiger partial charge in [0, 0.05) is 37.3 Å². The van der Waals surface area contributed by atoms with Crippen LogP contribution in [0.5, 0.6) is 0 Å². The van der Waals surface area contributed by atoms with E-state index in [1.165, 1.54) is 31.0 Å². The molecule has 1 fully saturated rings. The summed E-state index contributed by atoms with van der Waals surface area (Å²) in [5.74, 6) is -1.38. The fourth-order valence-corrected chi connectivity index (χ4v) is 5.37. The molecule has 7 nitrogen and oxygen atoms in total. The number of carbonyl (C=O) groups excluding carboxylic acids is 3. The third-order valence-electron chi connectivity index (χ3n) is 6.83. The first kappa shape index (κ1) is 27.9. The number of hydrogen-bond donors (Lipinski definition) is 0. The van der Waals surface area contributed by atoms with Crippen LogP contribution < -0.4 is 0 Å². The maximum absolute atomic E-state index is 13.6. The molecular formula is C26H24Cl2F3N3O4. The van der Waals surface area contributed by atoms with Crippen molar-refractivity contribution in [3.63, 3.8) is 0 Å². The van der Waals surface area contributed by atoms with Gasteiger partial charge in [0.1, 0.15) is 5.15 Å². The topological polar surface area (TPSA) is 81.5 Å². The zero-order chi connectivity index (χ0) is 27.9. The van der Waals surface area contributed by atoms with Gasteiger partial charge in [0.15, 0.2) is 0 Å². The number of amides is 1. The highest BCUT2D eigenvalue weighted by molar-refractivity contribution is 6.41. The molecule has 12 heteroatoms. The first-order valence-electron chi connectivity index (χ1n) is 11.8. The number of esters is 1. The largest absolute Gasteiger partial charge is 0.469 e. The number of piperidine rings is 1. The van der Waals surface area contributed by atoms with E-state index in [1.807, 2.05) is 0 Å². The lowest BCUT2D eigenvalue weighted by molar-refractivity contribution is -0.142. The van der Waals surface area contributed by atoms with Crippen LogP contribution in [0.15, 0.2) is 24.5 Å². The molecule has 0 radical (unpaired) electrons. The summed E-state index contributed by atoms with van der Waals surface area (Å²) < 4.78 is 46.0. The molecule has 0 aliphatic carbocycles. The fraction of sp³-hybridized carbons (Fsp3) is 0.385. The van der Waals surface area contributed by atoms with Crippen LogP contribution in [0.3, 0.4) is 0 Å². The standard InChI is InChI=1S/C26H24Cl2F3N3O4/c1-13-8-16(26(29,30)31)10-17-14(2)12-34(22(13)17)25(37)20-21(27)18(11-32-23(20)28)24(36)33-6-4-15(5-7-33)9-19(35)38-3/h8,10-12,15H,4-7,9H2,1-3H3. The first-order chi connectivity index (χ1) is 17.8. The van der Waals surface area contributed by atoms with Gasteiger partial charge in [0.2, 0.25) is 0 Å². The van der Waals surface area contributed by atoms with E-state index in [9.17, 15) is 27.6 Å². The monoisotopic (exact) mass is 569 g/mol. The van der Waals surface area contributed by atoms with E-state index in [-0.39, 0.29) is 56.1 Å². The van der Waals surface area contributed by atoms with Crippen molar-refractivity contribution < 1.29 is 32.3 Å². The summed E-state index contributed by atoms with van der Waals surface area (Å²) in [5, 5.41) is -0.175. The van der Waals surface area contributed by atoms with Gasteiger partial charge >= 0.3 is 12.1 Å². The van der Waals surface area contributed by atoms with Crippen LogP contribution in [0.25, 0.3) is 10.9 Å². The second-order valence-electron chi connectivity index (χ2n) is 9.34. The van der Waals surface area contributed by atoms with Crippen molar-refractivity contribution in [2.45, 2.75) is 39.3 Å². The van der Waals surface area contributed by atoms with Crippen LogP contribution in [0.1, 0.15) is 56.7 Å². The Balaban J connectivity index is 1.67. The average Bonchev–Trinajstić information content (AvgIpc) is 3.20. The van der Waals surface area contributed by atoms with Crippen LogP contribution in [-0.4, -0.2) is 52.4 Å². The highest BCUT2D eigenvalue weighted by Gasteiger charge is 2.33. The van der Waals surface area contributed by atoms with E-state index in [1.54, 1.807) is 11.8 Å². The lowest BCUT2D eigenvalue weighted by atomic mass is 9.93. The number of methoxy groups -OCH3 is 1. The van der Waals surface area contributed by atoms with Crippen molar-refractivity contribution in [2.24, 2.45) is 5.92 Å². The number of hydrogen-bond acceptors (Lipinski definition) is 5. The number of nitrogens with zero attached hydrogens (tertiary/aromatic N) is 3. The normalized spacial score (nSPS) is 14.7. The quantitative estimate of drug-likeness (QED) is 0.281. The number of fused-ring (bicyclic) bond motifs is 1. The van der Waals surface area contributed by atoms with Gasteiger partial charge in [0.25, 0.3) is 11.8 Å². The molecule has 0 unspecified atom stereocenters. The number of aryl methyl sites for hydroxylation is 2. The van der Waals surface area contributed by atoms with Crippen LogP contribution in [-0.2, 0) is 15.7 Å². The van der Waals surface area contributed by atoms with Gasteiger partial charge in [-0.15, -0.1) is 0 Å². The summed E-state index contributed by atoms with van der Waals surface area (Å²) in [6.45, 7) is 3.83. The molecule has 3 aromatic rings. The Bertz CT molecular complexity index is 1440. The fourth-order valence-electron chi connectivity index (χ4n) is 4.80. The van der Waals surface area contributed by atoms with Crippen molar-refractivity contribution >= 4 is 51.9 Å². The smallest absolute Gasteiger partial charge is 0.416 e.